The van der Waals surface area contributed by atoms with E-state index in [1.165, 1.54) is 30.3 Å². The van der Waals surface area contributed by atoms with Gasteiger partial charge in [-0.25, -0.2) is 4.39 Å². The first kappa shape index (κ1) is 17.7. The summed E-state index contributed by atoms with van der Waals surface area (Å²) in [4.78, 5) is 11.9. The smallest absolute Gasteiger partial charge is 0.346 e. The van der Waals surface area contributed by atoms with Gasteiger partial charge in [0.2, 0.25) is 5.91 Å². The Morgan fingerprint density at radius 2 is 1.79 bits per heavy atom. The molecule has 2 aromatic carbocycles. The summed E-state index contributed by atoms with van der Waals surface area (Å²) in [5.74, 6) is -0.828. The standard InChI is InChI=1S/C18H15F4NO/c1-12(14-6-8-16(19)9-7-14)23-17(24)10-5-13-3-2-4-15(11-13)18(20,21)22/h2-12H,1H3,(H,23,24)/b10-5+/t12-/m1/s1. The van der Waals surface area contributed by atoms with Crippen LogP contribution in [0.25, 0.3) is 6.08 Å². The quantitative estimate of drug-likeness (QED) is 0.634. The Balaban J connectivity index is 2.01. The minimum absolute atomic E-state index is 0.273. The lowest BCUT2D eigenvalue weighted by atomic mass is 10.1. The van der Waals surface area contributed by atoms with Crippen LogP contribution < -0.4 is 5.32 Å². The summed E-state index contributed by atoms with van der Waals surface area (Å²) >= 11 is 0. The average Bonchev–Trinajstić information content (AvgIpc) is 2.53. The number of benzene rings is 2. The summed E-state index contributed by atoms with van der Waals surface area (Å²) in [6.45, 7) is 1.73. The van der Waals surface area contributed by atoms with Crippen LogP contribution in [-0.4, -0.2) is 5.91 Å². The van der Waals surface area contributed by atoms with Crippen LogP contribution in [0.5, 0.6) is 0 Å². The van der Waals surface area contributed by atoms with E-state index in [2.05, 4.69) is 5.32 Å². The first-order chi connectivity index (χ1) is 11.3. The third-order valence-corrected chi connectivity index (χ3v) is 3.37. The molecule has 0 heterocycles. The molecule has 0 saturated heterocycles. The minimum atomic E-state index is -4.43. The average molecular weight is 337 g/mol. The number of hydrogen-bond acceptors (Lipinski definition) is 1. The van der Waals surface area contributed by atoms with Gasteiger partial charge >= 0.3 is 6.18 Å². The lowest BCUT2D eigenvalue weighted by Crippen LogP contribution is -2.24. The van der Waals surface area contributed by atoms with Crippen LogP contribution in [0.2, 0.25) is 0 Å². The maximum absolute atomic E-state index is 12.9. The summed E-state index contributed by atoms with van der Waals surface area (Å²) in [6, 6.07) is 10.0. The number of rotatable bonds is 4. The number of hydrogen-bond donors (Lipinski definition) is 1. The third kappa shape index (κ3) is 4.94. The molecule has 0 fully saturated rings. The van der Waals surface area contributed by atoms with Gasteiger partial charge in [-0.2, -0.15) is 13.2 Å². The molecular formula is C18H15F4NO. The molecule has 0 spiro atoms. The van der Waals surface area contributed by atoms with Crippen molar-refractivity contribution in [2.24, 2.45) is 0 Å². The van der Waals surface area contributed by atoms with Crippen LogP contribution in [0.15, 0.2) is 54.6 Å². The number of amides is 1. The first-order valence-corrected chi connectivity index (χ1v) is 7.17. The van der Waals surface area contributed by atoms with Crippen molar-refractivity contribution in [1.29, 1.82) is 0 Å². The highest BCUT2D eigenvalue weighted by Gasteiger charge is 2.30. The van der Waals surface area contributed by atoms with Gasteiger partial charge in [-0.05, 0) is 48.4 Å². The maximum Gasteiger partial charge on any atom is 0.416 e. The Morgan fingerprint density at radius 3 is 2.42 bits per heavy atom. The molecule has 2 rings (SSSR count). The Hall–Kier alpha value is -2.63. The van der Waals surface area contributed by atoms with Gasteiger partial charge < -0.3 is 5.32 Å². The lowest BCUT2D eigenvalue weighted by molar-refractivity contribution is -0.137. The Bertz CT molecular complexity index is 735. The first-order valence-electron chi connectivity index (χ1n) is 7.17. The second-order valence-electron chi connectivity index (χ2n) is 5.24. The zero-order valence-electron chi connectivity index (χ0n) is 12.8. The van der Waals surface area contributed by atoms with Gasteiger partial charge in [-0.1, -0.05) is 24.3 Å². The number of carbonyl (C=O) groups excluding carboxylic acids is 1. The molecule has 1 N–H and O–H groups in total. The number of alkyl halides is 3. The summed E-state index contributed by atoms with van der Waals surface area (Å²) in [7, 11) is 0. The topological polar surface area (TPSA) is 29.1 Å². The van der Waals surface area contributed by atoms with Gasteiger partial charge in [0.25, 0.3) is 0 Å². The molecule has 2 nitrogen and oxygen atoms in total. The van der Waals surface area contributed by atoms with Crippen molar-refractivity contribution >= 4 is 12.0 Å². The molecule has 0 saturated carbocycles. The van der Waals surface area contributed by atoms with Crippen molar-refractivity contribution in [1.82, 2.24) is 5.32 Å². The van der Waals surface area contributed by atoms with E-state index in [0.29, 0.717) is 0 Å². The molecule has 0 aliphatic carbocycles. The van der Waals surface area contributed by atoms with E-state index in [0.717, 1.165) is 23.8 Å². The molecule has 1 atom stereocenters. The van der Waals surface area contributed by atoms with E-state index < -0.39 is 17.6 Å². The van der Waals surface area contributed by atoms with Crippen molar-refractivity contribution in [3.8, 4) is 0 Å². The summed E-state index contributed by atoms with van der Waals surface area (Å²) in [5, 5.41) is 2.66. The van der Waals surface area contributed by atoms with Crippen molar-refractivity contribution in [2.75, 3.05) is 0 Å². The minimum Gasteiger partial charge on any atom is -0.346 e. The normalized spacial score (nSPS) is 13.0. The molecule has 0 bridgehead atoms. The predicted octanol–water partition coefficient (Wildman–Crippen LogP) is 4.74. The third-order valence-electron chi connectivity index (χ3n) is 3.37. The lowest BCUT2D eigenvalue weighted by Gasteiger charge is -2.12. The highest BCUT2D eigenvalue weighted by molar-refractivity contribution is 5.92. The van der Waals surface area contributed by atoms with Crippen LogP contribution in [-0.2, 0) is 11.0 Å². The molecule has 0 radical (unpaired) electrons. The van der Waals surface area contributed by atoms with E-state index in [1.54, 1.807) is 19.1 Å². The van der Waals surface area contributed by atoms with Gasteiger partial charge in [0.15, 0.2) is 0 Å². The van der Waals surface area contributed by atoms with Crippen molar-refractivity contribution in [2.45, 2.75) is 19.1 Å². The zero-order chi connectivity index (χ0) is 17.7. The fraction of sp³-hybridized carbons (Fsp3) is 0.167. The molecular weight excluding hydrogens is 322 g/mol. The Labute approximate surface area is 136 Å². The van der Waals surface area contributed by atoms with Crippen molar-refractivity contribution in [3.05, 3.63) is 77.1 Å². The van der Waals surface area contributed by atoms with Crippen molar-refractivity contribution in [3.63, 3.8) is 0 Å². The number of carbonyl (C=O) groups is 1. The van der Waals surface area contributed by atoms with Gasteiger partial charge in [0.1, 0.15) is 5.82 Å². The predicted molar refractivity (Wildman–Crippen MR) is 83.4 cm³/mol. The SMILES string of the molecule is C[C@@H](NC(=O)/C=C/c1cccc(C(F)(F)F)c1)c1ccc(F)cc1. The number of nitrogens with one attached hydrogen (secondary N) is 1. The highest BCUT2D eigenvalue weighted by Crippen LogP contribution is 2.29. The molecule has 126 valence electrons. The monoisotopic (exact) mass is 337 g/mol. The molecule has 0 aliphatic rings. The molecule has 1 amide bonds. The van der Waals surface area contributed by atoms with Gasteiger partial charge in [0.05, 0.1) is 11.6 Å². The van der Waals surface area contributed by atoms with E-state index in [-0.39, 0.29) is 17.4 Å². The highest BCUT2D eigenvalue weighted by atomic mass is 19.4. The molecule has 2 aromatic rings. The Morgan fingerprint density at radius 1 is 1.12 bits per heavy atom. The van der Waals surface area contributed by atoms with Crippen LogP contribution in [0.1, 0.15) is 29.7 Å². The van der Waals surface area contributed by atoms with Crippen LogP contribution in [0.4, 0.5) is 17.6 Å². The van der Waals surface area contributed by atoms with E-state index >= 15 is 0 Å². The summed E-state index contributed by atoms with van der Waals surface area (Å²) in [5.41, 5.74) is 0.219. The van der Waals surface area contributed by atoms with Gasteiger partial charge in [-0.3, -0.25) is 4.79 Å². The van der Waals surface area contributed by atoms with Crippen molar-refractivity contribution < 1.29 is 22.4 Å². The molecule has 0 unspecified atom stereocenters. The van der Waals surface area contributed by atoms with E-state index in [1.807, 2.05) is 0 Å². The largest absolute Gasteiger partial charge is 0.416 e. The second kappa shape index (κ2) is 7.29. The molecule has 6 heteroatoms. The van der Waals surface area contributed by atoms with Crippen LogP contribution >= 0.6 is 0 Å². The molecule has 24 heavy (non-hydrogen) atoms. The fourth-order valence-electron chi connectivity index (χ4n) is 2.09. The number of halogens is 4. The van der Waals surface area contributed by atoms with E-state index in [9.17, 15) is 22.4 Å². The van der Waals surface area contributed by atoms with E-state index in [4.69, 9.17) is 0 Å². The summed E-state index contributed by atoms with van der Waals surface area (Å²) < 4.78 is 50.7. The fourth-order valence-corrected chi connectivity index (χ4v) is 2.09. The van der Waals surface area contributed by atoms with Crippen LogP contribution in [0.3, 0.4) is 0 Å². The Kier molecular flexibility index (Phi) is 5.39. The zero-order valence-corrected chi connectivity index (χ0v) is 12.8. The molecule has 0 aromatic heterocycles. The van der Waals surface area contributed by atoms with Gasteiger partial charge in [-0.15, -0.1) is 0 Å². The molecule has 0 aliphatic heterocycles. The second-order valence-corrected chi connectivity index (χ2v) is 5.24. The van der Waals surface area contributed by atoms with Crippen LogP contribution in [0, 0.1) is 5.82 Å². The van der Waals surface area contributed by atoms with Gasteiger partial charge in [0, 0.05) is 6.08 Å². The maximum atomic E-state index is 12.9. The summed E-state index contributed by atoms with van der Waals surface area (Å²) in [6.07, 6.45) is -1.96.